The molecule has 0 aliphatic rings. The summed E-state index contributed by atoms with van der Waals surface area (Å²) in [5, 5.41) is 10.4. The van der Waals surface area contributed by atoms with E-state index in [1.54, 1.807) is 0 Å². The van der Waals surface area contributed by atoms with Crippen LogP contribution in [0.25, 0.3) is 0 Å². The smallest absolute Gasteiger partial charge is 0.348 e. The van der Waals surface area contributed by atoms with E-state index in [0.717, 1.165) is 14.2 Å². The van der Waals surface area contributed by atoms with Crippen molar-refractivity contribution in [1.29, 1.82) is 0 Å². The second-order valence-electron chi connectivity index (χ2n) is 4.22. The standard InChI is InChI=1S/C12H15NO8S2/c1-6-8(10(16)20-2)12(22-9(6)11(17)21-3)23(18,19)13-5-4-7(14)15/h13H,4-5H2,1-3H3,(H,14,15)/p-1. The third kappa shape index (κ3) is 4.27. The molecule has 0 saturated heterocycles. The molecule has 1 N–H and O–H groups in total. The van der Waals surface area contributed by atoms with E-state index in [-0.39, 0.29) is 16.0 Å². The predicted molar refractivity (Wildman–Crippen MR) is 76.5 cm³/mol. The maximum Gasteiger partial charge on any atom is 0.348 e. The van der Waals surface area contributed by atoms with Crippen molar-refractivity contribution >= 4 is 39.3 Å². The van der Waals surface area contributed by atoms with Crippen molar-refractivity contribution in [2.24, 2.45) is 0 Å². The van der Waals surface area contributed by atoms with E-state index in [2.05, 4.69) is 9.47 Å². The Balaban J connectivity index is 3.35. The molecule has 0 radical (unpaired) electrons. The van der Waals surface area contributed by atoms with Crippen LogP contribution in [0.5, 0.6) is 0 Å². The second kappa shape index (κ2) is 7.53. The number of carbonyl (C=O) groups excluding carboxylic acids is 3. The molecule has 0 spiro atoms. The Labute approximate surface area is 136 Å². The van der Waals surface area contributed by atoms with Gasteiger partial charge in [0.15, 0.2) is 4.21 Å². The lowest BCUT2D eigenvalue weighted by molar-refractivity contribution is -0.305. The van der Waals surface area contributed by atoms with Crippen LogP contribution in [0.15, 0.2) is 4.21 Å². The average molecular weight is 364 g/mol. The van der Waals surface area contributed by atoms with Gasteiger partial charge in [0.2, 0.25) is 0 Å². The number of rotatable bonds is 7. The van der Waals surface area contributed by atoms with Crippen LogP contribution in [-0.4, -0.2) is 47.1 Å². The lowest BCUT2D eigenvalue weighted by atomic mass is 10.2. The maximum absolute atomic E-state index is 12.3. The highest BCUT2D eigenvalue weighted by Crippen LogP contribution is 2.33. The second-order valence-corrected chi connectivity index (χ2v) is 7.20. The summed E-state index contributed by atoms with van der Waals surface area (Å²) in [6.45, 7) is 0.963. The highest BCUT2D eigenvalue weighted by Gasteiger charge is 2.32. The minimum Gasteiger partial charge on any atom is -0.550 e. The number of methoxy groups -OCH3 is 2. The molecule has 0 aliphatic carbocycles. The summed E-state index contributed by atoms with van der Waals surface area (Å²) in [4.78, 5) is 33.8. The summed E-state index contributed by atoms with van der Waals surface area (Å²) < 4.78 is 35.2. The topological polar surface area (TPSA) is 139 Å². The van der Waals surface area contributed by atoms with Crippen molar-refractivity contribution in [3.63, 3.8) is 0 Å². The van der Waals surface area contributed by atoms with Crippen LogP contribution in [0.3, 0.4) is 0 Å². The highest BCUT2D eigenvalue weighted by molar-refractivity contribution is 7.91. The first-order valence-corrected chi connectivity index (χ1v) is 8.45. The van der Waals surface area contributed by atoms with Gasteiger partial charge in [-0.25, -0.2) is 22.7 Å². The molecule has 0 aromatic carbocycles. The van der Waals surface area contributed by atoms with Gasteiger partial charge in [-0.2, -0.15) is 0 Å². The molecule has 128 valence electrons. The summed E-state index contributed by atoms with van der Waals surface area (Å²) in [7, 11) is -2.03. The molecular formula is C12H14NO8S2-. The molecule has 11 heteroatoms. The molecule has 0 saturated carbocycles. The van der Waals surface area contributed by atoms with E-state index in [4.69, 9.17) is 0 Å². The average Bonchev–Trinajstić information content (AvgIpc) is 2.83. The summed E-state index contributed by atoms with van der Waals surface area (Å²) in [6, 6.07) is 0. The van der Waals surface area contributed by atoms with Crippen molar-refractivity contribution in [2.45, 2.75) is 17.6 Å². The van der Waals surface area contributed by atoms with Crippen LogP contribution in [0.2, 0.25) is 0 Å². The molecule has 0 atom stereocenters. The molecule has 23 heavy (non-hydrogen) atoms. The van der Waals surface area contributed by atoms with E-state index in [1.807, 2.05) is 4.72 Å². The van der Waals surface area contributed by atoms with Crippen molar-refractivity contribution in [1.82, 2.24) is 4.72 Å². The SMILES string of the molecule is COC(=O)c1sc(S(=O)(=O)NCCC(=O)[O-])c(C(=O)OC)c1C. The zero-order valence-electron chi connectivity index (χ0n) is 12.5. The Morgan fingerprint density at radius 3 is 2.22 bits per heavy atom. The van der Waals surface area contributed by atoms with E-state index in [1.165, 1.54) is 6.92 Å². The minimum atomic E-state index is -4.22. The largest absolute Gasteiger partial charge is 0.550 e. The van der Waals surface area contributed by atoms with Crippen LogP contribution in [-0.2, 0) is 24.3 Å². The molecule has 1 aromatic heterocycles. The lowest BCUT2D eigenvalue weighted by Gasteiger charge is -2.07. The van der Waals surface area contributed by atoms with E-state index in [0.29, 0.717) is 11.3 Å². The van der Waals surface area contributed by atoms with E-state index < -0.39 is 45.1 Å². The fourth-order valence-electron chi connectivity index (χ4n) is 1.66. The molecule has 1 aromatic rings. The number of esters is 2. The van der Waals surface area contributed by atoms with Gasteiger partial charge >= 0.3 is 11.9 Å². The predicted octanol–water partition coefficient (Wildman–Crippen LogP) is -0.952. The van der Waals surface area contributed by atoms with Crippen LogP contribution in [0, 0.1) is 6.92 Å². The Morgan fingerprint density at radius 1 is 1.17 bits per heavy atom. The number of carbonyl (C=O) groups is 3. The quantitative estimate of drug-likeness (QED) is 0.611. The van der Waals surface area contributed by atoms with Gasteiger partial charge in [-0.15, -0.1) is 11.3 Å². The number of sulfonamides is 1. The van der Waals surface area contributed by atoms with E-state index in [9.17, 15) is 27.9 Å². The van der Waals surface area contributed by atoms with Gasteiger partial charge < -0.3 is 19.4 Å². The van der Waals surface area contributed by atoms with Gasteiger partial charge in [0, 0.05) is 18.9 Å². The molecule has 0 aliphatic heterocycles. The number of carboxylic acids is 1. The third-order valence-electron chi connectivity index (χ3n) is 2.74. The molecule has 0 amide bonds. The first-order chi connectivity index (χ1) is 10.7. The van der Waals surface area contributed by atoms with Gasteiger partial charge in [0.25, 0.3) is 10.0 Å². The molecule has 0 bridgehead atoms. The number of hydrogen-bond donors (Lipinski definition) is 1. The van der Waals surface area contributed by atoms with Crippen molar-refractivity contribution in [3.05, 3.63) is 16.0 Å². The summed E-state index contributed by atoms with van der Waals surface area (Å²) in [5.41, 5.74) is -0.187. The molecule has 1 rings (SSSR count). The number of carboxylic acid groups (broad SMARTS) is 1. The fourth-order valence-corrected chi connectivity index (χ4v) is 4.47. The number of ether oxygens (including phenoxy) is 2. The van der Waals surface area contributed by atoms with Gasteiger partial charge in [-0.05, 0) is 12.5 Å². The summed E-state index contributed by atoms with van der Waals surface area (Å²) >= 11 is 0.539. The Morgan fingerprint density at radius 2 is 1.74 bits per heavy atom. The maximum atomic E-state index is 12.3. The first-order valence-electron chi connectivity index (χ1n) is 6.15. The van der Waals surface area contributed by atoms with Crippen LogP contribution in [0.4, 0.5) is 0 Å². The Bertz CT molecular complexity index is 734. The highest BCUT2D eigenvalue weighted by atomic mass is 32.2. The number of thiophene rings is 1. The zero-order valence-corrected chi connectivity index (χ0v) is 14.1. The van der Waals surface area contributed by atoms with Crippen molar-refractivity contribution in [2.75, 3.05) is 20.8 Å². The van der Waals surface area contributed by atoms with Crippen LogP contribution in [0.1, 0.15) is 32.0 Å². The van der Waals surface area contributed by atoms with E-state index >= 15 is 0 Å². The van der Waals surface area contributed by atoms with Gasteiger partial charge in [-0.1, -0.05) is 0 Å². The normalized spacial score (nSPS) is 11.1. The van der Waals surface area contributed by atoms with Gasteiger partial charge in [0.05, 0.1) is 19.8 Å². The number of hydrogen-bond acceptors (Lipinski definition) is 9. The fraction of sp³-hybridized carbons (Fsp3) is 0.417. The summed E-state index contributed by atoms with van der Waals surface area (Å²) in [5.74, 6) is -3.17. The lowest BCUT2D eigenvalue weighted by Crippen LogP contribution is -2.31. The minimum absolute atomic E-state index is 0.0619. The summed E-state index contributed by atoms with van der Waals surface area (Å²) in [6.07, 6.45) is -0.541. The third-order valence-corrected chi connectivity index (χ3v) is 5.99. The molecule has 0 unspecified atom stereocenters. The molecule has 1 heterocycles. The van der Waals surface area contributed by atoms with Crippen LogP contribution < -0.4 is 9.83 Å². The number of aliphatic carboxylic acids is 1. The number of nitrogens with one attached hydrogen (secondary N) is 1. The zero-order chi connectivity index (χ0) is 17.8. The Kier molecular flexibility index (Phi) is 6.24. The monoisotopic (exact) mass is 364 g/mol. The van der Waals surface area contributed by atoms with Gasteiger partial charge in [0.1, 0.15) is 4.88 Å². The molecule has 0 fully saturated rings. The van der Waals surface area contributed by atoms with Crippen LogP contribution >= 0.6 is 11.3 Å². The Hall–Kier alpha value is -1.98. The van der Waals surface area contributed by atoms with Crippen molar-refractivity contribution < 1.29 is 37.4 Å². The first kappa shape index (κ1) is 19.1. The van der Waals surface area contributed by atoms with Crippen molar-refractivity contribution in [3.8, 4) is 0 Å². The molecular weight excluding hydrogens is 350 g/mol. The van der Waals surface area contributed by atoms with Gasteiger partial charge in [-0.3, -0.25) is 0 Å². The molecule has 9 nitrogen and oxygen atoms in total.